The first kappa shape index (κ1) is 10.8. The number of rotatable bonds is 2. The van der Waals surface area contributed by atoms with Crippen LogP contribution in [-0.2, 0) is 0 Å². The van der Waals surface area contributed by atoms with Gasteiger partial charge in [0.05, 0.1) is 4.92 Å². The lowest BCUT2D eigenvalue weighted by atomic mass is 10.1. The maximum absolute atomic E-state index is 11.5. The lowest BCUT2D eigenvalue weighted by Crippen LogP contribution is -2.12. The molecule has 1 aromatic carbocycles. The minimum absolute atomic E-state index is 0.195. The van der Waals surface area contributed by atoms with E-state index in [0.29, 0.717) is 0 Å². The van der Waals surface area contributed by atoms with E-state index in [1.807, 2.05) is 0 Å². The highest BCUT2D eigenvalue weighted by Crippen LogP contribution is 2.18. The molecule has 2 aromatic rings. The summed E-state index contributed by atoms with van der Waals surface area (Å²) < 4.78 is 0. The molecular formula is C10H6N2O5. The molecule has 17 heavy (non-hydrogen) atoms. The van der Waals surface area contributed by atoms with Gasteiger partial charge in [0.1, 0.15) is 5.69 Å². The number of H-pyrrole nitrogens is 1. The van der Waals surface area contributed by atoms with E-state index in [1.54, 1.807) is 0 Å². The van der Waals surface area contributed by atoms with Gasteiger partial charge in [-0.25, -0.2) is 4.79 Å². The minimum Gasteiger partial charge on any atom is -0.477 e. The van der Waals surface area contributed by atoms with Crippen LogP contribution >= 0.6 is 0 Å². The molecule has 0 fully saturated rings. The van der Waals surface area contributed by atoms with Crippen molar-refractivity contribution in [2.75, 3.05) is 0 Å². The van der Waals surface area contributed by atoms with Crippen LogP contribution in [0.3, 0.4) is 0 Å². The van der Waals surface area contributed by atoms with Crippen molar-refractivity contribution in [3.8, 4) is 0 Å². The van der Waals surface area contributed by atoms with Gasteiger partial charge in [0, 0.05) is 17.5 Å². The second-order valence-electron chi connectivity index (χ2n) is 3.35. The molecule has 0 saturated heterocycles. The zero-order chi connectivity index (χ0) is 12.6. The van der Waals surface area contributed by atoms with Gasteiger partial charge in [-0.2, -0.15) is 0 Å². The van der Waals surface area contributed by atoms with Crippen LogP contribution < -0.4 is 5.56 Å². The Labute approximate surface area is 93.5 Å². The zero-order valence-corrected chi connectivity index (χ0v) is 8.34. The Morgan fingerprint density at radius 3 is 2.65 bits per heavy atom. The van der Waals surface area contributed by atoms with E-state index < -0.39 is 16.5 Å². The molecular weight excluding hydrogens is 228 g/mol. The number of non-ortho nitro benzene ring substituents is 1. The summed E-state index contributed by atoms with van der Waals surface area (Å²) in [5, 5.41) is 19.7. The van der Waals surface area contributed by atoms with Gasteiger partial charge in [-0.15, -0.1) is 0 Å². The first-order valence-electron chi connectivity index (χ1n) is 4.54. The average molecular weight is 234 g/mol. The van der Waals surface area contributed by atoms with Gasteiger partial charge < -0.3 is 10.1 Å². The summed E-state index contributed by atoms with van der Waals surface area (Å²) in [5.74, 6) is -1.30. The van der Waals surface area contributed by atoms with Crippen molar-refractivity contribution in [2.24, 2.45) is 0 Å². The summed E-state index contributed by atoms with van der Waals surface area (Å²) in [5.41, 5.74) is -1.09. The molecule has 0 atom stereocenters. The van der Waals surface area contributed by atoms with Crippen molar-refractivity contribution in [3.63, 3.8) is 0 Å². The molecule has 1 heterocycles. The second kappa shape index (κ2) is 3.71. The van der Waals surface area contributed by atoms with E-state index in [4.69, 9.17) is 5.11 Å². The lowest BCUT2D eigenvalue weighted by molar-refractivity contribution is -0.384. The Hall–Kier alpha value is -2.70. The number of hydrogen-bond donors (Lipinski definition) is 2. The number of nitro groups is 1. The van der Waals surface area contributed by atoms with Crippen molar-refractivity contribution in [1.82, 2.24) is 4.98 Å². The first-order valence-corrected chi connectivity index (χ1v) is 4.54. The monoisotopic (exact) mass is 234 g/mol. The molecule has 0 spiro atoms. The van der Waals surface area contributed by atoms with Gasteiger partial charge in [-0.1, -0.05) is 0 Å². The van der Waals surface area contributed by atoms with Crippen LogP contribution in [0.2, 0.25) is 0 Å². The molecule has 0 unspecified atom stereocenters. The Morgan fingerprint density at radius 2 is 2.06 bits per heavy atom. The third-order valence-corrected chi connectivity index (χ3v) is 2.27. The van der Waals surface area contributed by atoms with E-state index in [0.717, 1.165) is 6.07 Å². The number of carboxylic acids is 1. The van der Waals surface area contributed by atoms with Gasteiger partial charge in [-0.3, -0.25) is 14.9 Å². The van der Waals surface area contributed by atoms with Crippen LogP contribution in [0.1, 0.15) is 10.5 Å². The van der Waals surface area contributed by atoms with Gasteiger partial charge in [-0.05, 0) is 17.5 Å². The largest absolute Gasteiger partial charge is 0.477 e. The number of benzene rings is 1. The highest BCUT2D eigenvalue weighted by atomic mass is 16.6. The van der Waals surface area contributed by atoms with Crippen LogP contribution in [0.4, 0.5) is 5.69 Å². The van der Waals surface area contributed by atoms with Crippen molar-refractivity contribution < 1.29 is 14.8 Å². The second-order valence-corrected chi connectivity index (χ2v) is 3.35. The van der Waals surface area contributed by atoms with Crippen molar-refractivity contribution in [1.29, 1.82) is 0 Å². The van der Waals surface area contributed by atoms with E-state index in [1.165, 1.54) is 18.2 Å². The average Bonchev–Trinajstić information content (AvgIpc) is 2.27. The number of aromatic carboxylic acids is 1. The molecule has 7 nitrogen and oxygen atoms in total. The van der Waals surface area contributed by atoms with Crippen LogP contribution in [0.25, 0.3) is 10.8 Å². The molecule has 1 aromatic heterocycles. The molecule has 2 N–H and O–H groups in total. The Bertz CT molecular complexity index is 683. The molecule has 0 aliphatic carbocycles. The molecule has 86 valence electrons. The summed E-state index contributed by atoms with van der Waals surface area (Å²) in [7, 11) is 0. The molecule has 0 amide bonds. The summed E-state index contributed by atoms with van der Waals surface area (Å²) >= 11 is 0. The van der Waals surface area contributed by atoms with E-state index >= 15 is 0 Å². The number of aromatic amines is 1. The summed E-state index contributed by atoms with van der Waals surface area (Å²) in [6, 6.07) is 4.83. The van der Waals surface area contributed by atoms with Crippen LogP contribution in [0.15, 0.2) is 29.1 Å². The van der Waals surface area contributed by atoms with Crippen molar-refractivity contribution in [3.05, 3.63) is 50.4 Å². The fourth-order valence-corrected chi connectivity index (χ4v) is 1.49. The molecule has 0 saturated carbocycles. The molecule has 0 aliphatic heterocycles. The number of pyridine rings is 1. The van der Waals surface area contributed by atoms with Crippen molar-refractivity contribution in [2.45, 2.75) is 0 Å². The van der Waals surface area contributed by atoms with E-state index in [-0.39, 0.29) is 22.2 Å². The number of nitrogens with one attached hydrogen (secondary N) is 1. The number of fused-ring (bicyclic) bond motifs is 1. The smallest absolute Gasteiger partial charge is 0.352 e. The number of aromatic nitrogens is 1. The third kappa shape index (κ3) is 1.85. The fourth-order valence-electron chi connectivity index (χ4n) is 1.49. The number of nitrogens with zero attached hydrogens (tertiary/aromatic N) is 1. The summed E-state index contributed by atoms with van der Waals surface area (Å²) in [6.07, 6.45) is 0. The maximum Gasteiger partial charge on any atom is 0.352 e. The Balaban J connectivity index is 2.79. The number of carbonyl (C=O) groups is 1. The quantitative estimate of drug-likeness (QED) is 0.597. The van der Waals surface area contributed by atoms with E-state index in [2.05, 4.69) is 4.98 Å². The highest BCUT2D eigenvalue weighted by Gasteiger charge is 2.11. The molecule has 0 bridgehead atoms. The highest BCUT2D eigenvalue weighted by molar-refractivity contribution is 5.92. The molecule has 7 heteroatoms. The summed E-state index contributed by atoms with van der Waals surface area (Å²) in [6.45, 7) is 0. The van der Waals surface area contributed by atoms with Gasteiger partial charge in [0.2, 0.25) is 0 Å². The van der Waals surface area contributed by atoms with Crippen LogP contribution in [0.5, 0.6) is 0 Å². The number of hydrogen-bond acceptors (Lipinski definition) is 4. The number of nitro benzene ring substituents is 1. The summed E-state index contributed by atoms with van der Waals surface area (Å²) in [4.78, 5) is 34.3. The molecule has 0 radical (unpaired) electrons. The predicted octanol–water partition coefficient (Wildman–Crippen LogP) is 1.13. The SMILES string of the molecule is O=C(O)c1cc2cc([N+](=O)[O-])ccc2c(=O)[nH]1. The topological polar surface area (TPSA) is 113 Å². The third-order valence-electron chi connectivity index (χ3n) is 2.27. The minimum atomic E-state index is -1.30. The zero-order valence-electron chi connectivity index (χ0n) is 8.34. The fraction of sp³-hybridized carbons (Fsp3) is 0. The molecule has 2 rings (SSSR count). The standard InChI is InChI=1S/C10H6N2O5/c13-9-7-2-1-6(12(16)17)3-5(7)4-8(11-9)10(14)15/h1-4H,(H,11,13)(H,14,15). The van der Waals surface area contributed by atoms with Crippen LogP contribution in [-0.4, -0.2) is 21.0 Å². The van der Waals surface area contributed by atoms with Gasteiger partial charge >= 0.3 is 5.97 Å². The lowest BCUT2D eigenvalue weighted by Gasteiger charge is -1.99. The Morgan fingerprint density at radius 1 is 1.35 bits per heavy atom. The van der Waals surface area contributed by atoms with Crippen molar-refractivity contribution >= 4 is 22.4 Å². The predicted molar refractivity (Wildman–Crippen MR) is 58.2 cm³/mol. The van der Waals surface area contributed by atoms with E-state index in [9.17, 15) is 19.7 Å². The number of carboxylic acid groups (broad SMARTS) is 1. The van der Waals surface area contributed by atoms with Gasteiger partial charge in [0.15, 0.2) is 0 Å². The van der Waals surface area contributed by atoms with Crippen LogP contribution in [0, 0.1) is 10.1 Å². The van der Waals surface area contributed by atoms with Gasteiger partial charge in [0.25, 0.3) is 11.2 Å². The normalized spacial score (nSPS) is 10.4. The molecule has 0 aliphatic rings. The first-order chi connectivity index (χ1) is 7.99. The maximum atomic E-state index is 11.5. The Kier molecular flexibility index (Phi) is 2.36.